The smallest absolute Gasteiger partial charge is 0.163 e. The van der Waals surface area contributed by atoms with Gasteiger partial charge in [-0.05, 0) is 24.3 Å². The van der Waals surface area contributed by atoms with Crippen LogP contribution in [-0.4, -0.2) is 15.0 Å². The van der Waals surface area contributed by atoms with Crippen molar-refractivity contribution >= 4 is 28.9 Å². The zero-order valence-electron chi connectivity index (χ0n) is 15.0. The second-order valence-electron chi connectivity index (χ2n) is 6.11. The molecular formula is C22H18ClN5. The summed E-state index contributed by atoms with van der Waals surface area (Å²) in [5.41, 5.74) is 2.66. The number of aromatic nitrogens is 3. The van der Waals surface area contributed by atoms with Crippen LogP contribution < -0.4 is 10.6 Å². The van der Waals surface area contributed by atoms with Crippen molar-refractivity contribution < 1.29 is 0 Å². The van der Waals surface area contributed by atoms with Crippen LogP contribution in [0.3, 0.4) is 0 Å². The van der Waals surface area contributed by atoms with Gasteiger partial charge in [0.25, 0.3) is 0 Å². The summed E-state index contributed by atoms with van der Waals surface area (Å²) in [4.78, 5) is 13.7. The van der Waals surface area contributed by atoms with Crippen LogP contribution in [-0.2, 0) is 6.54 Å². The highest BCUT2D eigenvalue weighted by Gasteiger charge is 2.09. The minimum absolute atomic E-state index is 0.567. The molecule has 2 heterocycles. The van der Waals surface area contributed by atoms with Crippen LogP contribution in [0.15, 0.2) is 85.1 Å². The number of benzene rings is 2. The first-order valence-corrected chi connectivity index (χ1v) is 9.25. The molecule has 138 valence electrons. The maximum absolute atomic E-state index is 6.28. The topological polar surface area (TPSA) is 62.7 Å². The van der Waals surface area contributed by atoms with Crippen LogP contribution in [0.25, 0.3) is 11.4 Å². The van der Waals surface area contributed by atoms with Crippen molar-refractivity contribution in [3.63, 3.8) is 0 Å². The lowest BCUT2D eigenvalue weighted by atomic mass is 10.2. The summed E-state index contributed by atoms with van der Waals surface area (Å²) in [6.07, 6.45) is 1.77. The number of hydrogen-bond donors (Lipinski definition) is 2. The predicted octanol–water partition coefficient (Wildman–Crippen LogP) is 5.55. The fraction of sp³-hybridized carbons (Fsp3) is 0.0455. The largest absolute Gasteiger partial charge is 0.364 e. The Bertz CT molecular complexity index is 1050. The average molecular weight is 388 g/mol. The summed E-state index contributed by atoms with van der Waals surface area (Å²) in [5.74, 6) is 1.99. The highest BCUT2D eigenvalue weighted by Crippen LogP contribution is 2.27. The van der Waals surface area contributed by atoms with E-state index in [1.165, 1.54) is 0 Å². The monoisotopic (exact) mass is 387 g/mol. The minimum Gasteiger partial charge on any atom is -0.364 e. The fourth-order valence-corrected chi connectivity index (χ4v) is 2.89. The highest BCUT2D eigenvalue weighted by molar-refractivity contribution is 6.33. The molecule has 5 nitrogen and oxygen atoms in total. The third-order valence-corrected chi connectivity index (χ3v) is 4.40. The first-order valence-electron chi connectivity index (χ1n) is 8.88. The SMILES string of the molecule is Clc1ccccc1Nc1cc(NCc2ccccn2)nc(-c2ccccc2)n1. The van der Waals surface area contributed by atoms with E-state index < -0.39 is 0 Å². The van der Waals surface area contributed by atoms with Crippen LogP contribution in [0.4, 0.5) is 17.3 Å². The Morgan fingerprint density at radius 2 is 1.54 bits per heavy atom. The predicted molar refractivity (Wildman–Crippen MR) is 114 cm³/mol. The van der Waals surface area contributed by atoms with Gasteiger partial charge in [0.05, 0.1) is 22.9 Å². The Kier molecular flexibility index (Phi) is 5.45. The number of pyridine rings is 1. The van der Waals surface area contributed by atoms with E-state index in [0.717, 1.165) is 16.9 Å². The molecule has 0 aliphatic carbocycles. The Balaban J connectivity index is 1.65. The molecule has 0 saturated carbocycles. The van der Waals surface area contributed by atoms with E-state index >= 15 is 0 Å². The lowest BCUT2D eigenvalue weighted by molar-refractivity contribution is 1.02. The minimum atomic E-state index is 0.567. The van der Waals surface area contributed by atoms with Crippen LogP contribution in [0, 0.1) is 0 Å². The molecule has 0 amide bonds. The summed E-state index contributed by atoms with van der Waals surface area (Å²) in [5, 5.41) is 7.24. The molecule has 28 heavy (non-hydrogen) atoms. The van der Waals surface area contributed by atoms with Crippen molar-refractivity contribution in [2.24, 2.45) is 0 Å². The van der Waals surface area contributed by atoms with E-state index in [1.807, 2.05) is 78.9 Å². The molecule has 2 aromatic carbocycles. The molecule has 2 aromatic heterocycles. The fourth-order valence-electron chi connectivity index (χ4n) is 2.70. The first kappa shape index (κ1) is 17.9. The highest BCUT2D eigenvalue weighted by atomic mass is 35.5. The van der Waals surface area contributed by atoms with E-state index in [4.69, 9.17) is 11.6 Å². The van der Waals surface area contributed by atoms with E-state index in [1.54, 1.807) is 6.20 Å². The summed E-state index contributed by atoms with van der Waals surface area (Å²) in [7, 11) is 0. The van der Waals surface area contributed by atoms with Crippen LogP contribution in [0.2, 0.25) is 5.02 Å². The normalized spacial score (nSPS) is 10.5. The number of para-hydroxylation sites is 1. The van der Waals surface area contributed by atoms with Crippen LogP contribution in [0.5, 0.6) is 0 Å². The maximum Gasteiger partial charge on any atom is 0.163 e. The van der Waals surface area contributed by atoms with Crippen molar-refractivity contribution in [2.45, 2.75) is 6.54 Å². The molecule has 0 unspecified atom stereocenters. The number of rotatable bonds is 6. The molecular weight excluding hydrogens is 370 g/mol. The molecule has 0 saturated heterocycles. The Morgan fingerprint density at radius 1 is 0.786 bits per heavy atom. The summed E-state index contributed by atoms with van der Waals surface area (Å²) >= 11 is 6.28. The quantitative estimate of drug-likeness (QED) is 0.454. The molecule has 6 heteroatoms. The van der Waals surface area contributed by atoms with Crippen molar-refractivity contribution in [3.05, 3.63) is 95.8 Å². The maximum atomic E-state index is 6.28. The van der Waals surface area contributed by atoms with Gasteiger partial charge in [0.15, 0.2) is 5.82 Å². The van der Waals surface area contributed by atoms with Crippen LogP contribution in [0.1, 0.15) is 5.69 Å². The van der Waals surface area contributed by atoms with Crippen molar-refractivity contribution in [1.82, 2.24) is 15.0 Å². The third-order valence-electron chi connectivity index (χ3n) is 4.07. The van der Waals surface area contributed by atoms with Gasteiger partial charge in [0.2, 0.25) is 0 Å². The molecule has 0 aliphatic rings. The van der Waals surface area contributed by atoms with Gasteiger partial charge in [-0.1, -0.05) is 60.1 Å². The lowest BCUT2D eigenvalue weighted by Crippen LogP contribution is -2.06. The molecule has 0 bridgehead atoms. The van der Waals surface area contributed by atoms with Crippen molar-refractivity contribution in [1.29, 1.82) is 0 Å². The van der Waals surface area contributed by atoms with Gasteiger partial charge in [0.1, 0.15) is 11.6 Å². The number of anilines is 3. The van der Waals surface area contributed by atoms with Gasteiger partial charge < -0.3 is 10.6 Å². The number of halogens is 1. The standard InChI is InChI=1S/C22H18ClN5/c23-18-11-4-5-12-19(18)26-21-14-20(25-15-17-10-6-7-13-24-17)27-22(28-21)16-8-2-1-3-9-16/h1-14H,15H2,(H2,25,26,27,28). The third kappa shape index (κ3) is 4.45. The Morgan fingerprint density at radius 3 is 2.32 bits per heavy atom. The number of nitrogens with one attached hydrogen (secondary N) is 2. The molecule has 0 spiro atoms. The lowest BCUT2D eigenvalue weighted by Gasteiger charge is -2.12. The molecule has 0 aliphatic heterocycles. The summed E-state index contributed by atoms with van der Waals surface area (Å²) < 4.78 is 0. The zero-order chi connectivity index (χ0) is 19.2. The Labute approximate surface area is 168 Å². The molecule has 0 atom stereocenters. The van der Waals surface area contributed by atoms with Gasteiger partial charge in [-0.15, -0.1) is 0 Å². The second-order valence-corrected chi connectivity index (χ2v) is 6.51. The summed E-state index contributed by atoms with van der Waals surface area (Å²) in [6.45, 7) is 0.567. The van der Waals surface area contributed by atoms with Crippen molar-refractivity contribution in [3.8, 4) is 11.4 Å². The molecule has 0 radical (unpaired) electrons. The Hall–Kier alpha value is -3.44. The first-order chi connectivity index (χ1) is 13.8. The van der Waals surface area contributed by atoms with Gasteiger partial charge in [-0.2, -0.15) is 0 Å². The van der Waals surface area contributed by atoms with Crippen molar-refractivity contribution in [2.75, 3.05) is 10.6 Å². The van der Waals surface area contributed by atoms with Gasteiger partial charge >= 0.3 is 0 Å². The number of hydrogen-bond acceptors (Lipinski definition) is 5. The summed E-state index contributed by atoms with van der Waals surface area (Å²) in [6, 6.07) is 25.1. The molecule has 2 N–H and O–H groups in total. The van der Waals surface area contributed by atoms with Crippen LogP contribution >= 0.6 is 11.6 Å². The molecule has 0 fully saturated rings. The van der Waals surface area contributed by atoms with E-state index in [2.05, 4.69) is 25.6 Å². The van der Waals surface area contributed by atoms with Gasteiger partial charge in [-0.3, -0.25) is 4.98 Å². The number of nitrogens with zero attached hydrogens (tertiary/aromatic N) is 3. The molecule has 4 aromatic rings. The second kappa shape index (κ2) is 8.50. The van der Waals surface area contributed by atoms with Gasteiger partial charge in [0, 0.05) is 17.8 Å². The zero-order valence-corrected chi connectivity index (χ0v) is 15.8. The van der Waals surface area contributed by atoms with E-state index in [9.17, 15) is 0 Å². The average Bonchev–Trinajstić information content (AvgIpc) is 2.75. The van der Waals surface area contributed by atoms with E-state index in [-0.39, 0.29) is 0 Å². The van der Waals surface area contributed by atoms with Gasteiger partial charge in [-0.25, -0.2) is 9.97 Å². The molecule has 4 rings (SSSR count). The van der Waals surface area contributed by atoms with E-state index in [0.29, 0.717) is 29.0 Å².